The Hall–Kier alpha value is -1.23. The standard InChI is InChI=1S/C11H19FN4/c1-4-16(6-5-13-9(2)3)11-14-7-10(12)8-15-11/h7-9,13H,4-6H2,1-3H3. The highest BCUT2D eigenvalue weighted by Crippen LogP contribution is 2.05. The molecule has 0 amide bonds. The van der Waals surface area contributed by atoms with Crippen LogP contribution in [0.25, 0.3) is 0 Å². The van der Waals surface area contributed by atoms with Gasteiger partial charge in [0.1, 0.15) is 0 Å². The summed E-state index contributed by atoms with van der Waals surface area (Å²) in [5.74, 6) is 0.176. The van der Waals surface area contributed by atoms with E-state index in [1.54, 1.807) is 0 Å². The fraction of sp³-hybridized carbons (Fsp3) is 0.636. The summed E-state index contributed by atoms with van der Waals surface area (Å²) in [6.07, 6.45) is 2.39. The number of aromatic nitrogens is 2. The predicted octanol–water partition coefficient (Wildman–Crippen LogP) is 1.44. The summed E-state index contributed by atoms with van der Waals surface area (Å²) in [4.78, 5) is 9.93. The summed E-state index contributed by atoms with van der Waals surface area (Å²) in [5.41, 5.74) is 0. The molecule has 1 rings (SSSR count). The van der Waals surface area contributed by atoms with Crippen molar-refractivity contribution in [3.63, 3.8) is 0 Å². The van der Waals surface area contributed by atoms with Crippen molar-refractivity contribution in [3.8, 4) is 0 Å². The fourth-order valence-corrected chi connectivity index (χ4v) is 1.36. The highest BCUT2D eigenvalue weighted by Gasteiger charge is 2.06. The van der Waals surface area contributed by atoms with Crippen molar-refractivity contribution < 1.29 is 4.39 Å². The molecule has 0 aromatic carbocycles. The van der Waals surface area contributed by atoms with Crippen LogP contribution in [-0.2, 0) is 0 Å². The van der Waals surface area contributed by atoms with Gasteiger partial charge >= 0.3 is 0 Å². The van der Waals surface area contributed by atoms with Crippen molar-refractivity contribution in [2.45, 2.75) is 26.8 Å². The Morgan fingerprint density at radius 1 is 1.38 bits per heavy atom. The largest absolute Gasteiger partial charge is 0.340 e. The second-order valence-electron chi connectivity index (χ2n) is 3.89. The minimum atomic E-state index is -0.403. The van der Waals surface area contributed by atoms with E-state index in [0.29, 0.717) is 12.0 Å². The van der Waals surface area contributed by atoms with Crippen LogP contribution in [0.15, 0.2) is 12.4 Å². The van der Waals surface area contributed by atoms with Gasteiger partial charge in [0.15, 0.2) is 5.82 Å². The zero-order chi connectivity index (χ0) is 12.0. The fourth-order valence-electron chi connectivity index (χ4n) is 1.36. The molecule has 1 N–H and O–H groups in total. The average Bonchev–Trinajstić information content (AvgIpc) is 2.26. The minimum absolute atomic E-state index is 0.403. The van der Waals surface area contributed by atoms with Crippen molar-refractivity contribution in [1.82, 2.24) is 15.3 Å². The van der Waals surface area contributed by atoms with E-state index in [9.17, 15) is 4.39 Å². The van der Waals surface area contributed by atoms with Crippen LogP contribution in [0, 0.1) is 5.82 Å². The lowest BCUT2D eigenvalue weighted by molar-refractivity contribution is 0.577. The van der Waals surface area contributed by atoms with E-state index >= 15 is 0 Å². The van der Waals surface area contributed by atoms with Gasteiger partial charge in [0.05, 0.1) is 12.4 Å². The molecule has 0 atom stereocenters. The predicted molar refractivity (Wildman–Crippen MR) is 63.0 cm³/mol. The second-order valence-corrected chi connectivity index (χ2v) is 3.89. The first-order valence-corrected chi connectivity index (χ1v) is 5.59. The van der Waals surface area contributed by atoms with Crippen LogP contribution in [0.2, 0.25) is 0 Å². The van der Waals surface area contributed by atoms with Crippen LogP contribution in [-0.4, -0.2) is 35.6 Å². The van der Waals surface area contributed by atoms with Gasteiger partial charge in [-0.15, -0.1) is 0 Å². The van der Waals surface area contributed by atoms with Crippen molar-refractivity contribution in [3.05, 3.63) is 18.2 Å². The Morgan fingerprint density at radius 3 is 2.50 bits per heavy atom. The van der Waals surface area contributed by atoms with Gasteiger partial charge < -0.3 is 10.2 Å². The van der Waals surface area contributed by atoms with Gasteiger partial charge in [-0.1, -0.05) is 13.8 Å². The minimum Gasteiger partial charge on any atom is -0.340 e. The molecule has 0 aliphatic rings. The molecule has 0 saturated carbocycles. The molecule has 0 aliphatic carbocycles. The van der Waals surface area contributed by atoms with Crippen molar-refractivity contribution in [2.24, 2.45) is 0 Å². The van der Waals surface area contributed by atoms with E-state index in [-0.39, 0.29) is 0 Å². The topological polar surface area (TPSA) is 41.0 Å². The van der Waals surface area contributed by atoms with Crippen molar-refractivity contribution in [2.75, 3.05) is 24.5 Å². The third-order valence-electron chi connectivity index (χ3n) is 2.21. The summed E-state index contributed by atoms with van der Waals surface area (Å²) in [5, 5.41) is 3.32. The summed E-state index contributed by atoms with van der Waals surface area (Å²) < 4.78 is 12.7. The van der Waals surface area contributed by atoms with E-state index in [1.165, 1.54) is 12.4 Å². The summed E-state index contributed by atoms with van der Waals surface area (Å²) in [6.45, 7) is 8.73. The molecule has 1 heterocycles. The maximum absolute atomic E-state index is 12.7. The Kier molecular flexibility index (Phi) is 5.11. The first-order valence-electron chi connectivity index (χ1n) is 5.59. The molecule has 0 aliphatic heterocycles. The van der Waals surface area contributed by atoms with Crippen LogP contribution in [0.1, 0.15) is 20.8 Å². The molecule has 0 saturated heterocycles. The molecule has 1 aromatic heterocycles. The Balaban J connectivity index is 2.50. The lowest BCUT2D eigenvalue weighted by Crippen LogP contribution is -2.35. The average molecular weight is 226 g/mol. The SMILES string of the molecule is CCN(CCNC(C)C)c1ncc(F)cn1. The summed E-state index contributed by atoms with van der Waals surface area (Å²) in [7, 11) is 0. The van der Waals surface area contributed by atoms with E-state index in [1.807, 2.05) is 11.8 Å². The zero-order valence-electron chi connectivity index (χ0n) is 10.1. The third-order valence-corrected chi connectivity index (χ3v) is 2.21. The first-order chi connectivity index (χ1) is 7.63. The molecular formula is C11H19FN4. The van der Waals surface area contributed by atoms with Gasteiger partial charge in [0.2, 0.25) is 5.95 Å². The van der Waals surface area contributed by atoms with E-state index in [4.69, 9.17) is 0 Å². The molecule has 16 heavy (non-hydrogen) atoms. The monoisotopic (exact) mass is 226 g/mol. The summed E-state index contributed by atoms with van der Waals surface area (Å²) in [6, 6.07) is 0.466. The number of halogens is 1. The number of hydrogen-bond donors (Lipinski definition) is 1. The number of likely N-dealkylation sites (N-methyl/N-ethyl adjacent to an activating group) is 1. The van der Waals surface area contributed by atoms with Crippen LogP contribution in [0.3, 0.4) is 0 Å². The maximum Gasteiger partial charge on any atom is 0.225 e. The van der Waals surface area contributed by atoms with E-state index in [2.05, 4.69) is 29.1 Å². The number of anilines is 1. The molecule has 0 spiro atoms. The highest BCUT2D eigenvalue weighted by molar-refractivity contribution is 5.27. The molecule has 5 heteroatoms. The van der Waals surface area contributed by atoms with Gasteiger partial charge in [-0.2, -0.15) is 0 Å². The molecule has 1 aromatic rings. The molecule has 0 radical (unpaired) electrons. The normalized spacial score (nSPS) is 10.8. The van der Waals surface area contributed by atoms with Gasteiger partial charge in [-0.3, -0.25) is 0 Å². The Morgan fingerprint density at radius 2 is 2.00 bits per heavy atom. The highest BCUT2D eigenvalue weighted by atomic mass is 19.1. The van der Waals surface area contributed by atoms with Crippen LogP contribution in [0.4, 0.5) is 10.3 Å². The molecule has 0 bridgehead atoms. The zero-order valence-corrected chi connectivity index (χ0v) is 10.1. The van der Waals surface area contributed by atoms with Crippen LogP contribution in [0.5, 0.6) is 0 Å². The third kappa shape index (κ3) is 4.10. The van der Waals surface area contributed by atoms with Crippen LogP contribution >= 0.6 is 0 Å². The summed E-state index contributed by atoms with van der Waals surface area (Å²) >= 11 is 0. The number of nitrogens with zero attached hydrogens (tertiary/aromatic N) is 3. The molecule has 90 valence electrons. The van der Waals surface area contributed by atoms with Crippen molar-refractivity contribution in [1.29, 1.82) is 0 Å². The number of hydrogen-bond acceptors (Lipinski definition) is 4. The molecule has 0 unspecified atom stereocenters. The van der Waals surface area contributed by atoms with Gasteiger partial charge in [0, 0.05) is 25.7 Å². The Labute approximate surface area is 95.9 Å². The van der Waals surface area contributed by atoms with E-state index in [0.717, 1.165) is 19.6 Å². The number of nitrogens with one attached hydrogen (secondary N) is 1. The molecule has 0 fully saturated rings. The van der Waals surface area contributed by atoms with Gasteiger partial charge in [0.25, 0.3) is 0 Å². The van der Waals surface area contributed by atoms with E-state index < -0.39 is 5.82 Å². The van der Waals surface area contributed by atoms with Gasteiger partial charge in [-0.25, -0.2) is 14.4 Å². The smallest absolute Gasteiger partial charge is 0.225 e. The lowest BCUT2D eigenvalue weighted by atomic mass is 10.4. The first kappa shape index (κ1) is 12.8. The van der Waals surface area contributed by atoms with Crippen LogP contribution < -0.4 is 10.2 Å². The molecule has 4 nitrogen and oxygen atoms in total. The van der Waals surface area contributed by atoms with Crippen molar-refractivity contribution >= 4 is 5.95 Å². The lowest BCUT2D eigenvalue weighted by Gasteiger charge is -2.21. The maximum atomic E-state index is 12.7. The van der Waals surface area contributed by atoms with Gasteiger partial charge in [-0.05, 0) is 6.92 Å². The second kappa shape index (κ2) is 6.37. The Bertz CT molecular complexity index is 299. The molecular weight excluding hydrogens is 207 g/mol. The quantitative estimate of drug-likeness (QED) is 0.797. The number of rotatable bonds is 6.